The van der Waals surface area contributed by atoms with E-state index in [0.29, 0.717) is 11.3 Å². The largest absolute Gasteiger partial charge is 0.324 e. The predicted octanol–water partition coefficient (Wildman–Crippen LogP) is 3.60. The van der Waals surface area contributed by atoms with Gasteiger partial charge in [-0.15, -0.1) is 0 Å². The van der Waals surface area contributed by atoms with Crippen LogP contribution in [0.25, 0.3) is 0 Å². The van der Waals surface area contributed by atoms with Crippen molar-refractivity contribution in [2.24, 2.45) is 7.05 Å². The molecule has 160 valence electrons. The minimum atomic E-state index is -4.11. The molecule has 0 saturated carbocycles. The predicted molar refractivity (Wildman–Crippen MR) is 117 cm³/mol. The summed E-state index contributed by atoms with van der Waals surface area (Å²) in [6.07, 6.45) is 1.28. The first-order valence-electron chi connectivity index (χ1n) is 8.81. The lowest BCUT2D eigenvalue weighted by atomic mass is 10.1. The van der Waals surface area contributed by atoms with Gasteiger partial charge in [-0.25, -0.2) is 13.4 Å². The summed E-state index contributed by atoms with van der Waals surface area (Å²) in [5.41, 5.74) is 2.88. The van der Waals surface area contributed by atoms with E-state index in [9.17, 15) is 16.8 Å². The molecule has 1 heterocycles. The maximum Gasteiger partial charge on any atom is 0.282 e. The van der Waals surface area contributed by atoms with E-state index in [-0.39, 0.29) is 20.8 Å². The monoisotopic (exact) mass is 468 g/mol. The third kappa shape index (κ3) is 4.45. The number of anilines is 2. The molecule has 11 heteroatoms. The van der Waals surface area contributed by atoms with Gasteiger partial charge in [0, 0.05) is 7.05 Å². The van der Waals surface area contributed by atoms with Gasteiger partial charge < -0.3 is 4.57 Å². The van der Waals surface area contributed by atoms with Crippen LogP contribution in [-0.4, -0.2) is 26.4 Å². The molecule has 0 radical (unpaired) electrons. The molecular weight excluding hydrogens is 448 g/mol. The first-order chi connectivity index (χ1) is 13.9. The molecule has 0 saturated heterocycles. The van der Waals surface area contributed by atoms with E-state index in [2.05, 4.69) is 14.4 Å². The van der Waals surface area contributed by atoms with Crippen LogP contribution in [0.1, 0.15) is 16.7 Å². The highest BCUT2D eigenvalue weighted by Crippen LogP contribution is 2.27. The minimum absolute atomic E-state index is 0.0551. The Morgan fingerprint density at radius 1 is 0.867 bits per heavy atom. The SMILES string of the molecule is Cc1ccc(NS(=O)(=O)c2ccc(C)c(NS(=O)(=O)c3ncn(C)c3Cl)c2)c(C)c1. The van der Waals surface area contributed by atoms with Crippen LogP contribution in [0, 0.1) is 20.8 Å². The zero-order chi connectivity index (χ0) is 22.3. The number of nitrogens with one attached hydrogen (secondary N) is 2. The average molecular weight is 469 g/mol. The van der Waals surface area contributed by atoms with Crippen molar-refractivity contribution in [3.63, 3.8) is 0 Å². The summed E-state index contributed by atoms with van der Waals surface area (Å²) in [5, 5.41) is -0.395. The number of benzene rings is 2. The molecule has 0 amide bonds. The van der Waals surface area contributed by atoms with E-state index in [1.807, 2.05) is 13.0 Å². The molecule has 2 aromatic carbocycles. The fourth-order valence-corrected chi connectivity index (χ4v) is 5.49. The first kappa shape index (κ1) is 22.1. The van der Waals surface area contributed by atoms with Crippen LogP contribution in [0.2, 0.25) is 5.15 Å². The van der Waals surface area contributed by atoms with Crippen molar-refractivity contribution in [2.45, 2.75) is 30.7 Å². The molecule has 2 N–H and O–H groups in total. The number of nitrogens with zero attached hydrogens (tertiary/aromatic N) is 2. The summed E-state index contributed by atoms with van der Waals surface area (Å²) in [6.45, 7) is 5.37. The molecule has 0 aliphatic heterocycles. The topological polar surface area (TPSA) is 110 Å². The van der Waals surface area contributed by atoms with E-state index in [0.717, 1.165) is 11.1 Å². The van der Waals surface area contributed by atoms with Gasteiger partial charge in [0.15, 0.2) is 0 Å². The van der Waals surface area contributed by atoms with E-state index < -0.39 is 20.0 Å². The molecule has 3 rings (SSSR count). The number of halogens is 1. The lowest BCUT2D eigenvalue weighted by Gasteiger charge is -2.14. The molecule has 30 heavy (non-hydrogen) atoms. The number of aromatic nitrogens is 2. The van der Waals surface area contributed by atoms with E-state index >= 15 is 0 Å². The van der Waals surface area contributed by atoms with Gasteiger partial charge in [-0.05, 0) is 50.1 Å². The summed E-state index contributed by atoms with van der Waals surface area (Å²) in [6, 6.07) is 9.54. The van der Waals surface area contributed by atoms with Crippen molar-refractivity contribution in [2.75, 3.05) is 9.44 Å². The van der Waals surface area contributed by atoms with E-state index in [1.54, 1.807) is 33.0 Å². The minimum Gasteiger partial charge on any atom is -0.324 e. The Labute approximate surface area is 181 Å². The number of sulfonamides is 2. The van der Waals surface area contributed by atoms with Crippen LogP contribution in [0.4, 0.5) is 11.4 Å². The van der Waals surface area contributed by atoms with Gasteiger partial charge in [-0.3, -0.25) is 9.44 Å². The zero-order valence-electron chi connectivity index (χ0n) is 16.8. The van der Waals surface area contributed by atoms with Crippen molar-refractivity contribution < 1.29 is 16.8 Å². The Hall–Kier alpha value is -2.56. The Balaban J connectivity index is 1.95. The van der Waals surface area contributed by atoms with Gasteiger partial charge in [0.1, 0.15) is 5.15 Å². The third-order valence-corrected chi connectivity index (χ3v) is 7.70. The van der Waals surface area contributed by atoms with Crippen molar-refractivity contribution in [3.8, 4) is 0 Å². The van der Waals surface area contributed by atoms with Crippen molar-refractivity contribution >= 4 is 43.0 Å². The highest BCUT2D eigenvalue weighted by Gasteiger charge is 2.24. The Morgan fingerprint density at radius 3 is 2.13 bits per heavy atom. The standard InChI is InChI=1S/C19H21ClN4O4S2/c1-12-5-8-16(14(3)9-12)22-29(25,26)15-7-6-13(2)17(10-15)23-30(27,28)19-18(20)24(4)11-21-19/h5-11,22-23H,1-4H3. The van der Waals surface area contributed by atoms with Crippen LogP contribution < -0.4 is 9.44 Å². The summed E-state index contributed by atoms with van der Waals surface area (Å²) in [7, 11) is -6.49. The lowest BCUT2D eigenvalue weighted by molar-refractivity contribution is 0.596. The maximum atomic E-state index is 12.9. The lowest BCUT2D eigenvalue weighted by Crippen LogP contribution is -2.17. The van der Waals surface area contributed by atoms with Gasteiger partial charge in [0.05, 0.1) is 22.6 Å². The molecule has 3 aromatic rings. The quantitative estimate of drug-likeness (QED) is 0.574. The molecule has 1 aromatic heterocycles. The number of aryl methyl sites for hydroxylation is 4. The van der Waals surface area contributed by atoms with Crippen LogP contribution in [0.15, 0.2) is 52.6 Å². The molecule has 0 bridgehead atoms. The summed E-state index contributed by atoms with van der Waals surface area (Å²) in [5.74, 6) is 0. The molecule has 0 fully saturated rings. The van der Waals surface area contributed by atoms with Crippen LogP contribution in [0.5, 0.6) is 0 Å². The van der Waals surface area contributed by atoms with Crippen LogP contribution >= 0.6 is 11.6 Å². The molecule has 0 spiro atoms. The summed E-state index contributed by atoms with van der Waals surface area (Å²) < 4.78 is 57.4. The molecule has 8 nitrogen and oxygen atoms in total. The number of rotatable bonds is 6. The third-order valence-electron chi connectivity index (χ3n) is 4.48. The highest BCUT2D eigenvalue weighted by atomic mass is 35.5. The Kier molecular flexibility index (Phi) is 5.85. The Bertz CT molecular complexity index is 1330. The van der Waals surface area contributed by atoms with Crippen LogP contribution in [-0.2, 0) is 27.1 Å². The second-order valence-corrected chi connectivity index (χ2v) is 10.6. The molecule has 0 aliphatic carbocycles. The number of hydrogen-bond donors (Lipinski definition) is 2. The van der Waals surface area contributed by atoms with Gasteiger partial charge in [0.2, 0.25) is 5.03 Å². The zero-order valence-corrected chi connectivity index (χ0v) is 19.2. The summed E-state index contributed by atoms with van der Waals surface area (Å²) >= 11 is 5.99. The van der Waals surface area contributed by atoms with Gasteiger partial charge >= 0.3 is 0 Å². The second-order valence-electron chi connectivity index (χ2n) is 6.96. The average Bonchev–Trinajstić information content (AvgIpc) is 2.99. The van der Waals surface area contributed by atoms with Crippen LogP contribution in [0.3, 0.4) is 0 Å². The Morgan fingerprint density at radius 2 is 1.53 bits per heavy atom. The summed E-state index contributed by atoms with van der Waals surface area (Å²) in [4.78, 5) is 3.72. The first-order valence-corrected chi connectivity index (χ1v) is 12.2. The van der Waals surface area contributed by atoms with Gasteiger partial charge in [-0.2, -0.15) is 8.42 Å². The van der Waals surface area contributed by atoms with Gasteiger partial charge in [0.25, 0.3) is 20.0 Å². The molecule has 0 unspecified atom stereocenters. The van der Waals surface area contributed by atoms with Gasteiger partial charge in [-0.1, -0.05) is 35.4 Å². The van der Waals surface area contributed by atoms with E-state index in [1.165, 1.54) is 29.1 Å². The van der Waals surface area contributed by atoms with Crippen molar-refractivity contribution in [3.05, 3.63) is 64.6 Å². The van der Waals surface area contributed by atoms with E-state index in [4.69, 9.17) is 11.6 Å². The molecule has 0 atom stereocenters. The van der Waals surface area contributed by atoms with Crippen molar-refractivity contribution in [1.29, 1.82) is 0 Å². The number of hydrogen-bond acceptors (Lipinski definition) is 5. The number of imidazole rings is 1. The normalized spacial score (nSPS) is 12.0. The smallest absolute Gasteiger partial charge is 0.282 e. The molecular formula is C19H21ClN4O4S2. The highest BCUT2D eigenvalue weighted by molar-refractivity contribution is 7.93. The van der Waals surface area contributed by atoms with Crippen molar-refractivity contribution in [1.82, 2.24) is 9.55 Å². The fourth-order valence-electron chi connectivity index (χ4n) is 2.78. The second kappa shape index (κ2) is 7.93. The maximum absolute atomic E-state index is 12.9. The fraction of sp³-hybridized carbons (Fsp3) is 0.211. The molecule has 0 aliphatic rings.